The Bertz CT molecular complexity index is 1900. The summed E-state index contributed by atoms with van der Waals surface area (Å²) in [6, 6.07) is 20.5. The van der Waals surface area contributed by atoms with Gasteiger partial charge in [0.1, 0.15) is 0 Å². The van der Waals surface area contributed by atoms with Gasteiger partial charge in [0.2, 0.25) is 0 Å². The van der Waals surface area contributed by atoms with Gasteiger partial charge in [-0.1, -0.05) is 36.4 Å². The van der Waals surface area contributed by atoms with Crippen molar-refractivity contribution in [2.45, 2.75) is 11.8 Å². The number of carbonyl (C=O) groups excluding carboxylic acids is 1. The van der Waals surface area contributed by atoms with Crippen LogP contribution in [0.2, 0.25) is 0 Å². The van der Waals surface area contributed by atoms with E-state index in [-0.39, 0.29) is 50.9 Å². The molecule has 5 rings (SSSR count). The molecule has 204 valence electrons. The number of hydrogen-bond donors (Lipinski definition) is 0. The molecular weight excluding hydrogens is 536 g/mol. The van der Waals surface area contributed by atoms with Gasteiger partial charge in [-0.3, -0.25) is 10.1 Å². The van der Waals surface area contributed by atoms with Crippen LogP contribution in [0.5, 0.6) is 11.5 Å². The van der Waals surface area contributed by atoms with E-state index in [1.807, 2.05) is 0 Å². The summed E-state index contributed by atoms with van der Waals surface area (Å²) in [5, 5.41) is 13.2. The molecule has 0 amide bonds. The molecule has 0 aliphatic heterocycles. The van der Waals surface area contributed by atoms with Crippen LogP contribution in [0.15, 0.2) is 83.8 Å². The first-order valence-corrected chi connectivity index (χ1v) is 13.6. The number of para-hydroxylation sites is 1. The van der Waals surface area contributed by atoms with E-state index in [1.54, 1.807) is 55.5 Å². The largest absolute Gasteiger partial charge is 0.493 e. The molecule has 0 fully saturated rings. The summed E-state index contributed by atoms with van der Waals surface area (Å²) >= 11 is 0. The Hall–Kier alpha value is -4.90. The van der Waals surface area contributed by atoms with Crippen molar-refractivity contribution in [3.63, 3.8) is 0 Å². The summed E-state index contributed by atoms with van der Waals surface area (Å²) in [5.74, 6) is -0.410. The lowest BCUT2D eigenvalue weighted by molar-refractivity contribution is -0.384. The molecule has 0 bridgehead atoms. The Kier molecular flexibility index (Phi) is 6.90. The number of nitro groups is 1. The summed E-state index contributed by atoms with van der Waals surface area (Å²) in [7, 11) is -1.35. The zero-order chi connectivity index (χ0) is 28.6. The summed E-state index contributed by atoms with van der Waals surface area (Å²) < 4.78 is 44.9. The topological polar surface area (TPSA) is 127 Å². The predicted molar refractivity (Wildman–Crippen MR) is 150 cm³/mol. The van der Waals surface area contributed by atoms with Crippen molar-refractivity contribution in [3.8, 4) is 22.6 Å². The first-order chi connectivity index (χ1) is 19.2. The van der Waals surface area contributed by atoms with Crippen LogP contribution in [0.4, 0.5) is 5.69 Å². The van der Waals surface area contributed by atoms with Gasteiger partial charge >= 0.3 is 5.97 Å². The van der Waals surface area contributed by atoms with Gasteiger partial charge in [-0.15, -0.1) is 0 Å². The maximum atomic E-state index is 13.9. The molecule has 5 aromatic rings. The predicted octanol–water partition coefficient (Wildman–Crippen LogP) is 5.80. The number of fused-ring (bicyclic) bond motifs is 3. The average molecular weight is 561 g/mol. The molecular formula is C29H24N2O8S. The molecule has 11 heteroatoms. The maximum Gasteiger partial charge on any atom is 0.338 e. The van der Waals surface area contributed by atoms with Crippen LogP contribution in [0.25, 0.3) is 32.9 Å². The number of benzene rings is 4. The monoisotopic (exact) mass is 560 g/mol. The van der Waals surface area contributed by atoms with Gasteiger partial charge in [0, 0.05) is 16.3 Å². The van der Waals surface area contributed by atoms with E-state index in [0.717, 1.165) is 0 Å². The molecule has 40 heavy (non-hydrogen) atoms. The van der Waals surface area contributed by atoms with E-state index in [4.69, 9.17) is 14.2 Å². The minimum atomic E-state index is -4.10. The number of nitrogens with zero attached hydrogens (tertiary/aromatic N) is 2. The highest BCUT2D eigenvalue weighted by atomic mass is 32.2. The number of nitro benzene ring substituents is 1. The molecule has 0 N–H and O–H groups in total. The number of esters is 1. The zero-order valence-electron chi connectivity index (χ0n) is 21.8. The molecule has 1 heterocycles. The van der Waals surface area contributed by atoms with Crippen molar-refractivity contribution in [2.24, 2.45) is 0 Å². The van der Waals surface area contributed by atoms with Crippen molar-refractivity contribution in [1.29, 1.82) is 0 Å². The van der Waals surface area contributed by atoms with Gasteiger partial charge in [-0.25, -0.2) is 17.2 Å². The minimum Gasteiger partial charge on any atom is -0.493 e. The van der Waals surface area contributed by atoms with Crippen molar-refractivity contribution < 1.29 is 32.3 Å². The standard InChI is InChI=1S/C29H24N2O8S/c1-4-39-29(32)23-15-25-21(14-20(23)22-16-27(37-2)28(38-3)17-26(22)31(33)34)19-12-8-9-13-24(19)30(25)40(35,36)18-10-6-5-7-11-18/h5-17H,4H2,1-3H3. The fourth-order valence-electron chi connectivity index (χ4n) is 4.77. The highest BCUT2D eigenvalue weighted by Crippen LogP contribution is 2.44. The van der Waals surface area contributed by atoms with Crippen LogP contribution in [0.3, 0.4) is 0 Å². The van der Waals surface area contributed by atoms with Gasteiger partial charge in [-0.2, -0.15) is 0 Å². The second-order valence-electron chi connectivity index (χ2n) is 8.72. The normalized spacial score (nSPS) is 11.5. The molecule has 0 atom stereocenters. The summed E-state index contributed by atoms with van der Waals surface area (Å²) in [4.78, 5) is 24.9. The number of methoxy groups -OCH3 is 2. The van der Waals surface area contributed by atoms with Crippen molar-refractivity contribution in [3.05, 3.63) is 94.5 Å². The summed E-state index contributed by atoms with van der Waals surface area (Å²) in [5.41, 5.74) is 0.490. The SMILES string of the molecule is CCOC(=O)c1cc2c(cc1-c1cc(OC)c(OC)cc1[N+](=O)[O-])c1ccccc1n2S(=O)(=O)c1ccccc1. The molecule has 0 radical (unpaired) electrons. The number of rotatable bonds is 8. The van der Waals surface area contributed by atoms with E-state index in [1.165, 1.54) is 48.5 Å². The van der Waals surface area contributed by atoms with Crippen molar-refractivity contribution in [1.82, 2.24) is 3.97 Å². The molecule has 0 saturated heterocycles. The first-order valence-electron chi connectivity index (χ1n) is 12.2. The quantitative estimate of drug-likeness (QED) is 0.132. The third kappa shape index (κ3) is 4.30. The second-order valence-corrected chi connectivity index (χ2v) is 10.5. The van der Waals surface area contributed by atoms with Crippen LogP contribution in [0, 0.1) is 10.1 Å². The number of aromatic nitrogens is 1. The van der Waals surface area contributed by atoms with Crippen LogP contribution in [-0.2, 0) is 14.8 Å². The van der Waals surface area contributed by atoms with Crippen molar-refractivity contribution in [2.75, 3.05) is 20.8 Å². The van der Waals surface area contributed by atoms with Crippen molar-refractivity contribution >= 4 is 43.5 Å². The van der Waals surface area contributed by atoms with E-state index in [2.05, 4.69) is 0 Å². The average Bonchev–Trinajstić information content (AvgIpc) is 3.30. The Morgan fingerprint density at radius 2 is 1.50 bits per heavy atom. The maximum absolute atomic E-state index is 13.9. The lowest BCUT2D eigenvalue weighted by Gasteiger charge is -2.15. The van der Waals surface area contributed by atoms with E-state index in [9.17, 15) is 23.3 Å². The third-order valence-electron chi connectivity index (χ3n) is 6.53. The summed E-state index contributed by atoms with van der Waals surface area (Å²) in [6.45, 7) is 1.67. The second kappa shape index (κ2) is 10.3. The van der Waals surface area contributed by atoms with Crippen LogP contribution in [0.1, 0.15) is 17.3 Å². The molecule has 0 unspecified atom stereocenters. The lowest BCUT2D eigenvalue weighted by atomic mass is 9.95. The molecule has 0 aliphatic rings. The molecule has 0 spiro atoms. The fourth-order valence-corrected chi connectivity index (χ4v) is 6.31. The smallest absolute Gasteiger partial charge is 0.338 e. The zero-order valence-corrected chi connectivity index (χ0v) is 22.6. The van der Waals surface area contributed by atoms with E-state index in [0.29, 0.717) is 16.3 Å². The number of ether oxygens (including phenoxy) is 3. The molecule has 10 nitrogen and oxygen atoms in total. The highest BCUT2D eigenvalue weighted by molar-refractivity contribution is 7.90. The van der Waals surface area contributed by atoms with Gasteiger partial charge in [0.15, 0.2) is 11.5 Å². The van der Waals surface area contributed by atoms with Gasteiger partial charge in [0.25, 0.3) is 15.7 Å². The lowest BCUT2D eigenvalue weighted by Crippen LogP contribution is -2.13. The van der Waals surface area contributed by atoms with Gasteiger partial charge in [-0.05, 0) is 43.3 Å². The van der Waals surface area contributed by atoms with E-state index < -0.39 is 20.9 Å². The first kappa shape index (κ1) is 26.7. The Balaban J connectivity index is 1.94. The fraction of sp³-hybridized carbons (Fsp3) is 0.138. The molecule has 4 aromatic carbocycles. The number of carbonyl (C=O) groups is 1. The Labute approximate surface area is 229 Å². The van der Waals surface area contributed by atoms with Gasteiger partial charge < -0.3 is 14.2 Å². The number of hydrogen-bond acceptors (Lipinski definition) is 8. The molecule has 0 saturated carbocycles. The molecule has 1 aromatic heterocycles. The summed E-state index contributed by atoms with van der Waals surface area (Å²) in [6.07, 6.45) is 0. The van der Waals surface area contributed by atoms with Crippen LogP contribution in [-0.4, -0.2) is 44.1 Å². The Morgan fingerprint density at radius 1 is 0.850 bits per heavy atom. The minimum absolute atomic E-state index is 0.0373. The third-order valence-corrected chi connectivity index (χ3v) is 8.28. The molecule has 0 aliphatic carbocycles. The Morgan fingerprint density at radius 3 is 2.15 bits per heavy atom. The van der Waals surface area contributed by atoms with Crippen LogP contribution >= 0.6 is 0 Å². The van der Waals surface area contributed by atoms with E-state index >= 15 is 0 Å². The highest BCUT2D eigenvalue weighted by Gasteiger charge is 2.29. The van der Waals surface area contributed by atoms with Gasteiger partial charge in [0.05, 0.1) is 58.9 Å². The van der Waals surface area contributed by atoms with Crippen LogP contribution < -0.4 is 9.47 Å².